The maximum Gasteiger partial charge on any atom is 0.278 e. The summed E-state index contributed by atoms with van der Waals surface area (Å²) in [7, 11) is 0. The maximum atomic E-state index is 11.1. The summed E-state index contributed by atoms with van der Waals surface area (Å²) in [6, 6.07) is 11.0. The van der Waals surface area contributed by atoms with Crippen molar-refractivity contribution < 1.29 is 19.1 Å². The molecule has 0 amide bonds. The Balaban J connectivity index is 1.55. The first-order valence-electron chi connectivity index (χ1n) is 7.64. The van der Waals surface area contributed by atoms with Gasteiger partial charge in [0.1, 0.15) is 39.3 Å². The minimum Gasteiger partial charge on any atom is -0.463 e. The lowest BCUT2D eigenvalue weighted by atomic mass is 10.1. The number of furan rings is 1. The van der Waals surface area contributed by atoms with Gasteiger partial charge in [0.15, 0.2) is 5.76 Å². The van der Waals surface area contributed by atoms with Gasteiger partial charge in [-0.2, -0.15) is 0 Å². The Morgan fingerprint density at radius 3 is 2.32 bits per heavy atom. The fraction of sp³-hybridized carbons (Fsp3) is 0.375. The predicted octanol–water partition coefficient (Wildman–Crippen LogP) is -0.329. The third-order valence-electron chi connectivity index (χ3n) is 4.30. The van der Waals surface area contributed by atoms with Crippen LogP contribution < -0.4 is 9.80 Å². The molecule has 2 heterocycles. The van der Waals surface area contributed by atoms with Crippen LogP contribution in [0.15, 0.2) is 47.1 Å². The summed E-state index contributed by atoms with van der Waals surface area (Å²) >= 11 is 0. The van der Waals surface area contributed by atoms with Crippen molar-refractivity contribution in [1.82, 2.24) is 0 Å². The highest BCUT2D eigenvalue weighted by Crippen LogP contribution is 2.16. The quantitative estimate of drug-likeness (QED) is 0.587. The molecule has 0 unspecified atom stereocenters. The molecule has 6 nitrogen and oxygen atoms in total. The maximum absolute atomic E-state index is 11.1. The summed E-state index contributed by atoms with van der Waals surface area (Å²) in [5, 5.41) is 11.1. The van der Waals surface area contributed by atoms with Gasteiger partial charge in [0.25, 0.3) is 5.69 Å². The Morgan fingerprint density at radius 1 is 1.00 bits per heavy atom. The minimum absolute atomic E-state index is 0.236. The van der Waals surface area contributed by atoms with Crippen LogP contribution in [0, 0.1) is 10.1 Å². The Morgan fingerprint density at radius 2 is 1.68 bits per heavy atom. The summed E-state index contributed by atoms with van der Waals surface area (Å²) in [4.78, 5) is 13.7. The molecule has 0 spiro atoms. The van der Waals surface area contributed by atoms with Crippen LogP contribution in [-0.4, -0.2) is 31.1 Å². The zero-order valence-electron chi connectivity index (χ0n) is 12.5. The topological polar surface area (TPSA) is 65.2 Å². The fourth-order valence-corrected chi connectivity index (χ4v) is 3.08. The van der Waals surface area contributed by atoms with Crippen LogP contribution in [0.4, 0.5) is 5.69 Å². The van der Waals surface area contributed by atoms with Crippen molar-refractivity contribution in [2.24, 2.45) is 0 Å². The van der Waals surface area contributed by atoms with Crippen molar-refractivity contribution in [2.45, 2.75) is 13.1 Å². The summed E-state index contributed by atoms with van der Waals surface area (Å²) < 4.78 is 5.40. The van der Waals surface area contributed by atoms with Crippen LogP contribution in [0.2, 0.25) is 0 Å². The van der Waals surface area contributed by atoms with Crippen LogP contribution in [0.25, 0.3) is 0 Å². The second kappa shape index (κ2) is 6.72. The molecule has 1 fully saturated rings. The molecule has 6 heteroatoms. The van der Waals surface area contributed by atoms with Crippen LogP contribution in [0.3, 0.4) is 0 Å². The highest BCUT2D eigenvalue weighted by molar-refractivity contribution is 5.39. The average molecular weight is 303 g/mol. The molecule has 1 saturated heterocycles. The van der Waals surface area contributed by atoms with E-state index in [-0.39, 0.29) is 10.6 Å². The van der Waals surface area contributed by atoms with E-state index in [0.717, 1.165) is 50.6 Å². The molecule has 0 bridgehead atoms. The Hall–Kier alpha value is -2.18. The van der Waals surface area contributed by atoms with E-state index in [1.807, 2.05) is 24.3 Å². The molecule has 0 radical (unpaired) electrons. The van der Waals surface area contributed by atoms with Crippen LogP contribution >= 0.6 is 0 Å². The summed E-state index contributed by atoms with van der Waals surface area (Å²) in [6.45, 7) is 5.84. The van der Waals surface area contributed by atoms with Crippen molar-refractivity contribution in [2.75, 3.05) is 26.2 Å². The van der Waals surface area contributed by atoms with Crippen molar-refractivity contribution in [3.63, 3.8) is 0 Å². The van der Waals surface area contributed by atoms with Gasteiger partial charge in [0.05, 0.1) is 16.7 Å². The number of nitrogens with zero attached hydrogens (tertiary/aromatic N) is 1. The Labute approximate surface area is 129 Å². The smallest absolute Gasteiger partial charge is 0.278 e. The van der Waals surface area contributed by atoms with Gasteiger partial charge in [-0.25, -0.2) is 0 Å². The van der Waals surface area contributed by atoms with E-state index >= 15 is 0 Å². The number of para-hydroxylation sites is 1. The number of nitro groups is 1. The van der Waals surface area contributed by atoms with Crippen LogP contribution in [0.1, 0.15) is 11.3 Å². The fourth-order valence-electron chi connectivity index (χ4n) is 3.08. The molecular weight excluding hydrogens is 282 g/mol. The normalized spacial score (nSPS) is 21.6. The van der Waals surface area contributed by atoms with Gasteiger partial charge >= 0.3 is 0 Å². The lowest BCUT2D eigenvalue weighted by molar-refractivity contribution is -1.02. The molecule has 1 aromatic heterocycles. The van der Waals surface area contributed by atoms with Crippen LogP contribution in [0.5, 0.6) is 0 Å². The Kier molecular flexibility index (Phi) is 4.50. The third-order valence-corrected chi connectivity index (χ3v) is 4.30. The number of benzene rings is 1. The lowest BCUT2D eigenvalue weighted by Crippen LogP contribution is -3.27. The summed E-state index contributed by atoms with van der Waals surface area (Å²) in [6.07, 6.45) is 1.71. The van der Waals surface area contributed by atoms with Gasteiger partial charge in [-0.1, -0.05) is 12.1 Å². The van der Waals surface area contributed by atoms with Gasteiger partial charge in [-0.3, -0.25) is 10.1 Å². The first-order chi connectivity index (χ1) is 10.7. The van der Waals surface area contributed by atoms with Gasteiger partial charge < -0.3 is 14.2 Å². The zero-order chi connectivity index (χ0) is 15.4. The van der Waals surface area contributed by atoms with E-state index in [1.165, 1.54) is 9.80 Å². The number of nitrogens with one attached hydrogen (secondary N) is 2. The number of piperazine rings is 1. The molecule has 2 aromatic rings. The van der Waals surface area contributed by atoms with Gasteiger partial charge in [0.2, 0.25) is 0 Å². The molecule has 0 atom stereocenters. The molecule has 116 valence electrons. The van der Waals surface area contributed by atoms with Gasteiger partial charge in [0, 0.05) is 6.07 Å². The number of nitro benzene ring substituents is 1. The Bertz CT molecular complexity index is 619. The van der Waals surface area contributed by atoms with E-state index in [2.05, 4.69) is 0 Å². The molecule has 0 aliphatic carbocycles. The largest absolute Gasteiger partial charge is 0.463 e. The van der Waals surface area contributed by atoms with Crippen molar-refractivity contribution in [1.29, 1.82) is 0 Å². The van der Waals surface area contributed by atoms with Crippen molar-refractivity contribution in [3.8, 4) is 0 Å². The average Bonchev–Trinajstić information content (AvgIpc) is 3.02. The molecule has 1 aromatic carbocycles. The van der Waals surface area contributed by atoms with Crippen molar-refractivity contribution >= 4 is 5.69 Å². The number of rotatable bonds is 5. The van der Waals surface area contributed by atoms with E-state index in [4.69, 9.17) is 4.42 Å². The molecule has 1 aliphatic rings. The predicted molar refractivity (Wildman–Crippen MR) is 80.6 cm³/mol. The second-order valence-electron chi connectivity index (χ2n) is 5.82. The van der Waals surface area contributed by atoms with Crippen LogP contribution in [-0.2, 0) is 13.1 Å². The molecule has 0 saturated carbocycles. The molecule has 3 rings (SSSR count). The molecular formula is C16H21N3O3+2. The van der Waals surface area contributed by atoms with E-state index in [0.29, 0.717) is 0 Å². The van der Waals surface area contributed by atoms with Crippen molar-refractivity contribution in [3.05, 3.63) is 64.1 Å². The SMILES string of the molecule is O=[N+]([O-])c1ccccc1C[NH+]1CC[NH+](Cc2ccco2)CC1. The first kappa shape index (κ1) is 14.7. The summed E-state index contributed by atoms with van der Waals surface area (Å²) in [5.74, 6) is 1.03. The molecule has 1 aliphatic heterocycles. The standard InChI is InChI=1S/C16H19N3O3/c20-19(21)16-6-2-1-4-14(16)12-17-7-9-18(10-8-17)13-15-5-3-11-22-15/h1-6,11H,7-10,12-13H2/p+2. The van der Waals surface area contributed by atoms with Gasteiger partial charge in [-0.05, 0) is 18.2 Å². The van der Waals surface area contributed by atoms with Gasteiger partial charge in [-0.15, -0.1) is 0 Å². The number of hydrogen-bond acceptors (Lipinski definition) is 3. The first-order valence-corrected chi connectivity index (χ1v) is 7.64. The van der Waals surface area contributed by atoms with E-state index in [1.54, 1.807) is 18.4 Å². The van der Waals surface area contributed by atoms with E-state index < -0.39 is 0 Å². The molecule has 2 N–H and O–H groups in total. The highest BCUT2D eigenvalue weighted by Gasteiger charge is 2.25. The monoisotopic (exact) mass is 303 g/mol. The molecule has 22 heavy (non-hydrogen) atoms. The number of quaternary nitrogens is 2. The van der Waals surface area contributed by atoms with E-state index in [9.17, 15) is 10.1 Å². The zero-order valence-corrected chi connectivity index (χ0v) is 12.5. The summed E-state index contributed by atoms with van der Waals surface area (Å²) in [5.41, 5.74) is 1.07. The minimum atomic E-state index is -0.285. The third kappa shape index (κ3) is 3.52. The highest BCUT2D eigenvalue weighted by atomic mass is 16.6. The lowest BCUT2D eigenvalue weighted by Gasteiger charge is -2.29. The number of hydrogen-bond donors (Lipinski definition) is 2. The second-order valence-corrected chi connectivity index (χ2v) is 5.82.